The third-order valence-corrected chi connectivity index (χ3v) is 5.57. The van der Waals surface area contributed by atoms with Crippen LogP contribution < -0.4 is 11.1 Å². The first-order chi connectivity index (χ1) is 15.9. The Balaban J connectivity index is 1.63. The van der Waals surface area contributed by atoms with Crippen LogP contribution in [0.15, 0.2) is 84.9 Å². The highest BCUT2D eigenvalue weighted by atomic mass is 19.1. The van der Waals surface area contributed by atoms with Crippen LogP contribution in [0.5, 0.6) is 0 Å². The highest BCUT2D eigenvalue weighted by molar-refractivity contribution is 5.84. The van der Waals surface area contributed by atoms with E-state index in [0.29, 0.717) is 24.7 Å². The van der Waals surface area contributed by atoms with Crippen LogP contribution >= 0.6 is 0 Å². The Hall–Kier alpha value is -3.84. The maximum absolute atomic E-state index is 13.5. The predicted molar refractivity (Wildman–Crippen MR) is 126 cm³/mol. The van der Waals surface area contributed by atoms with Gasteiger partial charge in [0.15, 0.2) is 11.6 Å². The van der Waals surface area contributed by atoms with E-state index in [1.807, 2.05) is 60.7 Å². The van der Waals surface area contributed by atoms with Gasteiger partial charge in [-0.1, -0.05) is 60.7 Å². The average Bonchev–Trinajstić information content (AvgIpc) is 3.21. The Kier molecular flexibility index (Phi) is 6.60. The summed E-state index contributed by atoms with van der Waals surface area (Å²) in [5.74, 6) is 0.275. The molecule has 1 aromatic heterocycles. The van der Waals surface area contributed by atoms with E-state index >= 15 is 0 Å². The van der Waals surface area contributed by atoms with Crippen LogP contribution in [0.3, 0.4) is 0 Å². The SMILES string of the molecule is CC(Cc1nc(-c2ccc(F)cc2)n(Cc2ccccc2)n1)(NCc1ccccc1)C(N)=O. The molecule has 1 atom stereocenters. The van der Waals surface area contributed by atoms with E-state index < -0.39 is 11.4 Å². The Bertz CT molecular complexity index is 1210. The molecule has 0 fully saturated rings. The van der Waals surface area contributed by atoms with Crippen molar-refractivity contribution in [3.8, 4) is 11.4 Å². The van der Waals surface area contributed by atoms with Crippen molar-refractivity contribution in [3.63, 3.8) is 0 Å². The fraction of sp³-hybridized carbons (Fsp3) is 0.192. The lowest BCUT2D eigenvalue weighted by Crippen LogP contribution is -2.54. The second-order valence-corrected chi connectivity index (χ2v) is 8.21. The van der Waals surface area contributed by atoms with E-state index in [2.05, 4.69) is 5.32 Å². The summed E-state index contributed by atoms with van der Waals surface area (Å²) in [6, 6.07) is 25.8. The van der Waals surface area contributed by atoms with Crippen molar-refractivity contribution in [1.82, 2.24) is 20.1 Å². The van der Waals surface area contributed by atoms with E-state index in [0.717, 1.165) is 16.7 Å². The highest BCUT2D eigenvalue weighted by Gasteiger charge is 2.33. The van der Waals surface area contributed by atoms with Gasteiger partial charge in [-0.25, -0.2) is 14.1 Å². The number of nitrogens with two attached hydrogens (primary N) is 1. The zero-order valence-corrected chi connectivity index (χ0v) is 18.4. The maximum Gasteiger partial charge on any atom is 0.237 e. The van der Waals surface area contributed by atoms with E-state index in [4.69, 9.17) is 15.8 Å². The second kappa shape index (κ2) is 9.75. The van der Waals surface area contributed by atoms with Crippen molar-refractivity contribution in [1.29, 1.82) is 0 Å². The molecule has 0 aliphatic carbocycles. The van der Waals surface area contributed by atoms with Crippen molar-refractivity contribution in [2.75, 3.05) is 0 Å². The average molecular weight is 444 g/mol. The van der Waals surface area contributed by atoms with E-state index in [-0.39, 0.29) is 12.2 Å². The summed E-state index contributed by atoms with van der Waals surface area (Å²) in [6.07, 6.45) is 0.213. The minimum absolute atomic E-state index is 0.213. The van der Waals surface area contributed by atoms with Crippen LogP contribution in [0, 0.1) is 5.82 Å². The van der Waals surface area contributed by atoms with Gasteiger partial charge in [0.05, 0.1) is 6.54 Å². The Morgan fingerprint density at radius 2 is 1.58 bits per heavy atom. The molecule has 0 aliphatic rings. The normalized spacial score (nSPS) is 12.9. The van der Waals surface area contributed by atoms with Gasteiger partial charge in [0.1, 0.15) is 11.4 Å². The van der Waals surface area contributed by atoms with Gasteiger partial charge in [-0.15, -0.1) is 0 Å². The zero-order chi connectivity index (χ0) is 23.3. The molecule has 0 saturated heterocycles. The molecule has 3 N–H and O–H groups in total. The molecule has 0 aliphatic heterocycles. The number of amides is 1. The van der Waals surface area contributed by atoms with Crippen molar-refractivity contribution < 1.29 is 9.18 Å². The molecule has 3 aromatic carbocycles. The first kappa shape index (κ1) is 22.4. The van der Waals surface area contributed by atoms with Crippen LogP contribution in [0.2, 0.25) is 0 Å². The lowest BCUT2D eigenvalue weighted by atomic mass is 9.96. The number of nitrogens with one attached hydrogen (secondary N) is 1. The summed E-state index contributed by atoms with van der Waals surface area (Å²) in [7, 11) is 0. The number of halogens is 1. The van der Waals surface area contributed by atoms with E-state index in [9.17, 15) is 9.18 Å². The molecule has 0 saturated carbocycles. The monoisotopic (exact) mass is 443 g/mol. The smallest absolute Gasteiger partial charge is 0.237 e. The molecule has 1 amide bonds. The van der Waals surface area contributed by atoms with Crippen LogP contribution in [-0.2, 0) is 24.3 Å². The Morgan fingerprint density at radius 1 is 0.970 bits per heavy atom. The standard InChI is InChI=1S/C26H26FN5O/c1-26(25(28)33,29-17-19-8-4-2-5-9-19)16-23-30-24(21-12-14-22(27)15-13-21)32(31-23)18-20-10-6-3-7-11-20/h2-15,29H,16-18H2,1H3,(H2,28,33). The second-order valence-electron chi connectivity index (χ2n) is 8.21. The molecule has 0 bridgehead atoms. The first-order valence-corrected chi connectivity index (χ1v) is 10.8. The van der Waals surface area contributed by atoms with Crippen molar-refractivity contribution in [2.24, 2.45) is 5.73 Å². The number of benzene rings is 3. The fourth-order valence-electron chi connectivity index (χ4n) is 3.59. The molecule has 0 radical (unpaired) electrons. The van der Waals surface area contributed by atoms with Gasteiger partial charge in [-0.2, -0.15) is 5.10 Å². The zero-order valence-electron chi connectivity index (χ0n) is 18.4. The largest absolute Gasteiger partial charge is 0.368 e. The van der Waals surface area contributed by atoms with Crippen LogP contribution in [0.25, 0.3) is 11.4 Å². The molecular formula is C26H26FN5O. The summed E-state index contributed by atoms with van der Waals surface area (Å²) in [6.45, 7) is 2.73. The number of carbonyl (C=O) groups is 1. The number of hydrogen-bond donors (Lipinski definition) is 2. The third-order valence-electron chi connectivity index (χ3n) is 5.57. The number of aromatic nitrogens is 3. The van der Waals surface area contributed by atoms with E-state index in [1.165, 1.54) is 12.1 Å². The summed E-state index contributed by atoms with van der Waals surface area (Å²) in [4.78, 5) is 17.1. The van der Waals surface area contributed by atoms with Crippen LogP contribution in [0.4, 0.5) is 4.39 Å². The van der Waals surface area contributed by atoms with Crippen LogP contribution in [-0.4, -0.2) is 26.2 Å². The van der Waals surface area contributed by atoms with Gasteiger partial charge in [0.25, 0.3) is 0 Å². The number of nitrogens with zero attached hydrogens (tertiary/aromatic N) is 3. The molecule has 0 spiro atoms. The third kappa shape index (κ3) is 5.51. The number of carbonyl (C=O) groups excluding carboxylic acids is 1. The summed E-state index contributed by atoms with van der Waals surface area (Å²) < 4.78 is 15.3. The molecule has 33 heavy (non-hydrogen) atoms. The number of hydrogen-bond acceptors (Lipinski definition) is 4. The molecule has 7 heteroatoms. The predicted octanol–water partition coefficient (Wildman–Crippen LogP) is 3.71. The molecule has 4 rings (SSSR count). The minimum atomic E-state index is -1.05. The molecule has 1 unspecified atom stereocenters. The van der Waals surface area contributed by atoms with Crippen molar-refractivity contribution in [3.05, 3.63) is 108 Å². The van der Waals surface area contributed by atoms with Gasteiger partial charge in [-0.05, 0) is 42.3 Å². The molecule has 1 heterocycles. The van der Waals surface area contributed by atoms with Gasteiger partial charge >= 0.3 is 0 Å². The molecule has 6 nitrogen and oxygen atoms in total. The number of primary amides is 1. The van der Waals surface area contributed by atoms with Gasteiger partial charge in [-0.3, -0.25) is 10.1 Å². The lowest BCUT2D eigenvalue weighted by molar-refractivity contribution is -0.123. The molecule has 168 valence electrons. The number of rotatable bonds is 9. The first-order valence-electron chi connectivity index (χ1n) is 10.8. The summed E-state index contributed by atoms with van der Waals surface area (Å²) >= 11 is 0. The minimum Gasteiger partial charge on any atom is -0.368 e. The highest BCUT2D eigenvalue weighted by Crippen LogP contribution is 2.21. The maximum atomic E-state index is 13.5. The van der Waals surface area contributed by atoms with Crippen LogP contribution in [0.1, 0.15) is 23.9 Å². The van der Waals surface area contributed by atoms with Gasteiger partial charge in [0.2, 0.25) is 5.91 Å². The van der Waals surface area contributed by atoms with Gasteiger partial charge in [0, 0.05) is 18.5 Å². The molecular weight excluding hydrogens is 417 g/mol. The Morgan fingerprint density at radius 3 is 2.18 bits per heavy atom. The fourth-order valence-corrected chi connectivity index (χ4v) is 3.59. The van der Waals surface area contributed by atoms with Gasteiger partial charge < -0.3 is 5.73 Å². The summed E-state index contributed by atoms with van der Waals surface area (Å²) in [5, 5.41) is 7.96. The topological polar surface area (TPSA) is 85.8 Å². The quantitative estimate of drug-likeness (QED) is 0.413. The molecule has 4 aromatic rings. The summed E-state index contributed by atoms with van der Waals surface area (Å²) in [5.41, 5.74) is 7.56. The Labute approximate surface area is 192 Å². The van der Waals surface area contributed by atoms with Crippen molar-refractivity contribution >= 4 is 5.91 Å². The van der Waals surface area contributed by atoms with E-state index in [1.54, 1.807) is 23.7 Å². The lowest BCUT2D eigenvalue weighted by Gasteiger charge is -2.26. The van der Waals surface area contributed by atoms with Crippen molar-refractivity contribution in [2.45, 2.75) is 32.0 Å².